The molecule has 4 rings (SSSR count). The van der Waals surface area contributed by atoms with Gasteiger partial charge >= 0.3 is 0 Å². The Morgan fingerprint density at radius 2 is 1.97 bits per heavy atom. The fraction of sp³-hybridized carbons (Fsp3) is 0.292. The first-order valence-corrected chi connectivity index (χ1v) is 10.8. The number of benzene rings is 2. The Morgan fingerprint density at radius 3 is 2.69 bits per heavy atom. The third-order valence-corrected chi connectivity index (χ3v) is 5.48. The molecule has 0 atom stereocenters. The van der Waals surface area contributed by atoms with Crippen molar-refractivity contribution < 1.29 is 13.8 Å². The van der Waals surface area contributed by atoms with Crippen molar-refractivity contribution >= 4 is 34.0 Å². The number of nitrogens with zero attached hydrogens (tertiary/aromatic N) is 7. The average Bonchev–Trinajstić information content (AvgIpc) is 3.27. The number of hydrogen-bond donors (Lipinski definition) is 1. The molecule has 182 valence electrons. The van der Waals surface area contributed by atoms with Crippen LogP contribution in [0.25, 0.3) is 22.6 Å². The number of anilines is 3. The molecule has 35 heavy (non-hydrogen) atoms. The number of aryl methyl sites for hydroxylation is 1. The van der Waals surface area contributed by atoms with Gasteiger partial charge in [0.2, 0.25) is 5.95 Å². The molecule has 2 aromatic carbocycles. The Morgan fingerprint density at radius 1 is 1.17 bits per heavy atom. The Labute approximate surface area is 207 Å². The van der Waals surface area contributed by atoms with Crippen molar-refractivity contribution in [2.45, 2.75) is 0 Å². The second kappa shape index (κ2) is 9.94. The fourth-order valence-electron chi connectivity index (χ4n) is 3.61. The molecule has 2 aromatic heterocycles. The van der Waals surface area contributed by atoms with Crippen LogP contribution in [0, 0.1) is 10.1 Å². The van der Waals surface area contributed by atoms with Gasteiger partial charge in [-0.3, -0.25) is 10.1 Å². The second-order valence-corrected chi connectivity index (χ2v) is 8.17. The average molecular weight is 480 g/mol. The summed E-state index contributed by atoms with van der Waals surface area (Å²) >= 11 is 0. The predicted octanol–water partition coefficient (Wildman–Crippen LogP) is 3.69. The van der Waals surface area contributed by atoms with Crippen molar-refractivity contribution in [1.29, 1.82) is 0 Å². The lowest BCUT2D eigenvalue weighted by Crippen LogP contribution is -2.28. The minimum atomic E-state index is -2.50. The number of nitro benzene ring substituents is 1. The number of rotatable bonds is 9. The Bertz CT molecular complexity index is 1470. The number of fused-ring (bicyclic) bond motifs is 1. The number of ether oxygens (including phenoxy) is 1. The maximum absolute atomic E-state index is 11.9. The lowest BCUT2D eigenvalue weighted by Gasteiger charge is -2.22. The highest BCUT2D eigenvalue weighted by Gasteiger charge is 2.22. The van der Waals surface area contributed by atoms with Crippen LogP contribution in [0.3, 0.4) is 0 Å². The van der Waals surface area contributed by atoms with Crippen LogP contribution in [-0.2, 0) is 6.98 Å². The summed E-state index contributed by atoms with van der Waals surface area (Å²) in [6.45, 7) is -1.22. The van der Waals surface area contributed by atoms with Crippen LogP contribution in [0.5, 0.6) is 5.75 Å². The van der Waals surface area contributed by atoms with E-state index in [0.717, 1.165) is 4.57 Å². The van der Waals surface area contributed by atoms with E-state index in [0.29, 0.717) is 35.6 Å². The van der Waals surface area contributed by atoms with Crippen LogP contribution in [0.1, 0.15) is 4.11 Å². The van der Waals surface area contributed by atoms with Gasteiger partial charge in [0.15, 0.2) is 5.82 Å². The van der Waals surface area contributed by atoms with Gasteiger partial charge in [0.25, 0.3) is 5.69 Å². The monoisotopic (exact) mass is 479 g/mol. The predicted molar refractivity (Wildman–Crippen MR) is 136 cm³/mol. The van der Waals surface area contributed by atoms with E-state index < -0.39 is 11.9 Å². The van der Waals surface area contributed by atoms with Gasteiger partial charge in [-0.1, -0.05) is 12.1 Å². The number of nitrogens with one attached hydrogen (secondary N) is 1. The normalized spacial score (nSPS) is 12.8. The smallest absolute Gasteiger partial charge is 0.294 e. The van der Waals surface area contributed by atoms with Crippen molar-refractivity contribution in [2.75, 3.05) is 51.6 Å². The minimum Gasteiger partial charge on any atom is -0.494 e. The van der Waals surface area contributed by atoms with Crippen LogP contribution < -0.4 is 15.0 Å². The highest BCUT2D eigenvalue weighted by atomic mass is 16.6. The summed E-state index contributed by atoms with van der Waals surface area (Å²) in [6.07, 6.45) is 1.46. The maximum atomic E-state index is 11.9. The molecule has 0 saturated carbocycles. The zero-order chi connectivity index (χ0) is 27.6. The number of imidazole rings is 1. The van der Waals surface area contributed by atoms with Gasteiger partial charge in [-0.2, -0.15) is 0 Å². The van der Waals surface area contributed by atoms with Gasteiger partial charge in [0.1, 0.15) is 17.1 Å². The summed E-state index contributed by atoms with van der Waals surface area (Å²) in [5, 5.41) is 14.9. The number of nitro groups is 1. The molecule has 11 nitrogen and oxygen atoms in total. The van der Waals surface area contributed by atoms with Gasteiger partial charge in [0, 0.05) is 49.6 Å². The highest BCUT2D eigenvalue weighted by molar-refractivity contribution is 5.80. The topological polar surface area (TPSA) is 114 Å². The quantitative estimate of drug-likeness (QED) is 0.283. The largest absolute Gasteiger partial charge is 0.494 e. The first-order valence-electron chi connectivity index (χ1n) is 12.3. The van der Waals surface area contributed by atoms with Crippen LogP contribution in [-0.4, -0.2) is 70.7 Å². The van der Waals surface area contributed by atoms with Crippen LogP contribution in [0.2, 0.25) is 0 Å². The van der Waals surface area contributed by atoms with E-state index >= 15 is 0 Å². The minimum absolute atomic E-state index is 0.0907. The molecular weight excluding hydrogens is 448 g/mol. The summed E-state index contributed by atoms with van der Waals surface area (Å²) in [6, 6.07) is 11.4. The number of para-hydroxylation sites is 2. The number of aromatic nitrogens is 4. The molecule has 0 radical (unpaired) electrons. The lowest BCUT2D eigenvalue weighted by atomic mass is 10.2. The summed E-state index contributed by atoms with van der Waals surface area (Å²) in [5.41, 5.74) is 1.80. The van der Waals surface area contributed by atoms with Crippen molar-refractivity contribution in [1.82, 2.24) is 24.4 Å². The summed E-state index contributed by atoms with van der Waals surface area (Å²) < 4.78 is 30.8. The van der Waals surface area contributed by atoms with E-state index in [9.17, 15) is 10.1 Å². The van der Waals surface area contributed by atoms with Gasteiger partial charge in [-0.15, -0.1) is 0 Å². The maximum Gasteiger partial charge on any atom is 0.294 e. The number of likely N-dealkylation sites (N-methyl/N-ethyl adjacent to an activating group) is 2. The molecule has 4 aromatic rings. The molecule has 0 fully saturated rings. The van der Waals surface area contributed by atoms with E-state index in [-0.39, 0.29) is 28.8 Å². The van der Waals surface area contributed by atoms with Crippen LogP contribution in [0.15, 0.2) is 48.7 Å². The molecule has 0 aliphatic carbocycles. The van der Waals surface area contributed by atoms with Crippen LogP contribution in [0.4, 0.5) is 23.0 Å². The second-order valence-electron chi connectivity index (χ2n) is 8.17. The van der Waals surface area contributed by atoms with Crippen molar-refractivity contribution in [2.24, 2.45) is 6.98 Å². The Hall–Kier alpha value is -4.25. The van der Waals surface area contributed by atoms with Crippen molar-refractivity contribution in [3.8, 4) is 17.3 Å². The number of hydrogen-bond acceptors (Lipinski definition) is 9. The molecule has 2 heterocycles. The summed E-state index contributed by atoms with van der Waals surface area (Å²) in [7, 11) is 7.10. The van der Waals surface area contributed by atoms with E-state index in [1.165, 1.54) is 19.4 Å². The molecule has 0 unspecified atom stereocenters. The summed E-state index contributed by atoms with van der Waals surface area (Å²) in [5.74, 6) is 0.589. The Kier molecular flexibility index (Phi) is 5.72. The van der Waals surface area contributed by atoms with Crippen LogP contribution >= 0.6 is 0 Å². The molecule has 0 bridgehead atoms. The number of methoxy groups -OCH3 is 1. The Balaban J connectivity index is 1.74. The van der Waals surface area contributed by atoms with Crippen molar-refractivity contribution in [3.63, 3.8) is 0 Å². The molecule has 0 amide bonds. The standard InChI is InChI=1S/C24H28N8O3/c1-29(2)12-13-30(3)20-15-22(35-5)18(14-21(20)32(33)34)28-24-25-11-10-17(27-24)23-26-16-8-6-7-9-19(16)31(23)4/h6-11,14-15H,12-13H2,1-5H3,(H,25,27,28)/i4D3. The summed E-state index contributed by atoms with van der Waals surface area (Å²) in [4.78, 5) is 28.4. The zero-order valence-electron chi connectivity index (χ0n) is 22.9. The zero-order valence-corrected chi connectivity index (χ0v) is 19.9. The third kappa shape index (κ3) is 4.99. The SMILES string of the molecule is [2H]C([2H])([2H])n1c(-c2ccnc(Nc3cc([N+](=O)[O-])c(N(C)CCN(C)C)cc3OC)n2)nc2ccccc21. The van der Waals surface area contributed by atoms with E-state index in [2.05, 4.69) is 20.3 Å². The van der Waals surface area contributed by atoms with Gasteiger partial charge in [0.05, 0.1) is 28.8 Å². The van der Waals surface area contributed by atoms with E-state index in [1.807, 2.05) is 19.0 Å². The van der Waals surface area contributed by atoms with E-state index in [4.69, 9.17) is 8.85 Å². The first-order chi connectivity index (χ1) is 18.0. The molecule has 1 N–H and O–H groups in total. The molecule has 0 saturated heterocycles. The highest BCUT2D eigenvalue weighted by Crippen LogP contribution is 2.39. The van der Waals surface area contributed by atoms with Gasteiger partial charge in [-0.25, -0.2) is 15.0 Å². The fourth-order valence-corrected chi connectivity index (χ4v) is 3.61. The van der Waals surface area contributed by atoms with Gasteiger partial charge < -0.3 is 24.4 Å². The van der Waals surface area contributed by atoms with Gasteiger partial charge in [-0.05, 0) is 32.3 Å². The van der Waals surface area contributed by atoms with Crippen molar-refractivity contribution in [3.05, 3.63) is 58.8 Å². The lowest BCUT2D eigenvalue weighted by molar-refractivity contribution is -0.384. The molecule has 0 spiro atoms. The molecular formula is C24H28N8O3. The molecule has 11 heteroatoms. The molecule has 0 aliphatic rings. The first kappa shape index (κ1) is 20.2. The third-order valence-electron chi connectivity index (χ3n) is 5.48. The van der Waals surface area contributed by atoms with E-state index in [1.54, 1.807) is 48.3 Å². The molecule has 0 aliphatic heterocycles.